The van der Waals surface area contributed by atoms with Crippen LogP contribution in [0.15, 0.2) is 140 Å². The molecule has 0 aliphatic rings. The van der Waals surface area contributed by atoms with E-state index in [-0.39, 0.29) is 5.75 Å². The second-order valence-corrected chi connectivity index (χ2v) is 9.56. The van der Waals surface area contributed by atoms with Crippen molar-refractivity contribution in [3.8, 4) is 56.3 Å². The summed E-state index contributed by atoms with van der Waals surface area (Å²) >= 11 is 0. The van der Waals surface area contributed by atoms with Gasteiger partial charge in [-0.05, 0) is 71.3 Å². The normalized spacial score (nSPS) is 11.1. The van der Waals surface area contributed by atoms with Gasteiger partial charge in [0.05, 0.1) is 23.0 Å². The molecular weight excluding hydrogens is 492 g/mol. The molecular formula is C35H24N4O. The molecule has 3 heterocycles. The van der Waals surface area contributed by atoms with Crippen molar-refractivity contribution in [2.45, 2.75) is 0 Å². The third-order valence-electron chi connectivity index (χ3n) is 7.04. The Morgan fingerprint density at radius 2 is 1.27 bits per heavy atom. The van der Waals surface area contributed by atoms with E-state index in [9.17, 15) is 5.11 Å². The smallest absolute Gasteiger partial charge is 0.149 e. The van der Waals surface area contributed by atoms with Crippen LogP contribution >= 0.6 is 0 Å². The maximum absolute atomic E-state index is 10.8. The second-order valence-electron chi connectivity index (χ2n) is 9.56. The largest absolute Gasteiger partial charge is 0.507 e. The van der Waals surface area contributed by atoms with Crippen molar-refractivity contribution in [2.24, 2.45) is 0 Å². The van der Waals surface area contributed by atoms with Gasteiger partial charge in [-0.15, -0.1) is 0 Å². The van der Waals surface area contributed by atoms with Gasteiger partial charge in [0.2, 0.25) is 0 Å². The summed E-state index contributed by atoms with van der Waals surface area (Å²) in [6, 6.07) is 40.1. The Labute approximate surface area is 231 Å². The molecule has 7 aromatic rings. The van der Waals surface area contributed by atoms with Gasteiger partial charge in [-0.2, -0.15) is 0 Å². The Kier molecular flexibility index (Phi) is 5.87. The highest BCUT2D eigenvalue weighted by atomic mass is 16.3. The van der Waals surface area contributed by atoms with Crippen LogP contribution in [0.1, 0.15) is 0 Å². The number of para-hydroxylation sites is 2. The summed E-state index contributed by atoms with van der Waals surface area (Å²) in [5.41, 5.74) is 9.24. The van der Waals surface area contributed by atoms with Crippen LogP contribution in [-0.4, -0.2) is 24.6 Å². The summed E-state index contributed by atoms with van der Waals surface area (Å²) in [4.78, 5) is 14.4. The first kappa shape index (κ1) is 23.6. The average Bonchev–Trinajstić information content (AvgIpc) is 3.42. The molecule has 0 saturated heterocycles. The number of pyridine rings is 2. The van der Waals surface area contributed by atoms with Crippen LogP contribution < -0.4 is 0 Å². The molecule has 5 nitrogen and oxygen atoms in total. The minimum absolute atomic E-state index is 0.174. The zero-order chi connectivity index (χ0) is 26.9. The number of aromatic hydroxyl groups is 1. The summed E-state index contributed by atoms with van der Waals surface area (Å²) in [5.74, 6) is 0.825. The van der Waals surface area contributed by atoms with E-state index < -0.39 is 0 Å². The molecule has 0 amide bonds. The van der Waals surface area contributed by atoms with E-state index in [1.807, 2.05) is 104 Å². The monoisotopic (exact) mass is 516 g/mol. The lowest BCUT2D eigenvalue weighted by molar-refractivity contribution is 0.477. The maximum atomic E-state index is 10.8. The molecule has 0 bridgehead atoms. The zero-order valence-electron chi connectivity index (χ0n) is 21.5. The number of hydrogen-bond donors (Lipinski definition) is 1. The fourth-order valence-electron chi connectivity index (χ4n) is 5.15. The summed E-state index contributed by atoms with van der Waals surface area (Å²) in [5, 5.41) is 10.8. The molecule has 0 fully saturated rings. The van der Waals surface area contributed by atoms with Crippen molar-refractivity contribution in [1.29, 1.82) is 0 Å². The summed E-state index contributed by atoms with van der Waals surface area (Å²) in [6.07, 6.45) is 5.52. The molecule has 0 unspecified atom stereocenters. The van der Waals surface area contributed by atoms with E-state index >= 15 is 0 Å². The van der Waals surface area contributed by atoms with Gasteiger partial charge in [0.1, 0.15) is 17.1 Å². The molecule has 0 aliphatic carbocycles. The SMILES string of the molecule is Oc1ccccc1-c1nc2c(-c3cc(-c4ccccc4)cc(-c4ccccn4)c3)cncc2n1-c1ccccc1. The number of phenolic OH excluding ortho intramolecular Hbond substituents is 1. The van der Waals surface area contributed by atoms with Crippen molar-refractivity contribution in [3.63, 3.8) is 0 Å². The third kappa shape index (κ3) is 4.20. The van der Waals surface area contributed by atoms with E-state index in [1.165, 1.54) is 0 Å². The maximum Gasteiger partial charge on any atom is 0.149 e. The molecule has 0 saturated carbocycles. The second kappa shape index (κ2) is 9.97. The van der Waals surface area contributed by atoms with Crippen LogP contribution in [0, 0.1) is 0 Å². The van der Waals surface area contributed by atoms with Crippen LogP contribution in [0.2, 0.25) is 0 Å². The molecule has 0 radical (unpaired) electrons. The summed E-state index contributed by atoms with van der Waals surface area (Å²) < 4.78 is 2.06. The van der Waals surface area contributed by atoms with Crippen LogP contribution in [0.4, 0.5) is 0 Å². The lowest BCUT2D eigenvalue weighted by Gasteiger charge is -2.12. The molecule has 7 rings (SSSR count). The van der Waals surface area contributed by atoms with Crippen LogP contribution in [0.25, 0.3) is 61.6 Å². The number of benzene rings is 4. The first-order valence-electron chi connectivity index (χ1n) is 13.1. The van der Waals surface area contributed by atoms with E-state index in [0.717, 1.165) is 50.2 Å². The molecule has 1 N–H and O–H groups in total. The van der Waals surface area contributed by atoms with Gasteiger partial charge >= 0.3 is 0 Å². The number of hydrogen-bond acceptors (Lipinski definition) is 4. The van der Waals surface area contributed by atoms with E-state index in [0.29, 0.717) is 11.4 Å². The minimum Gasteiger partial charge on any atom is -0.507 e. The van der Waals surface area contributed by atoms with Gasteiger partial charge in [0, 0.05) is 29.2 Å². The van der Waals surface area contributed by atoms with Crippen LogP contribution in [0.5, 0.6) is 5.75 Å². The molecule has 0 atom stereocenters. The zero-order valence-corrected chi connectivity index (χ0v) is 21.5. The van der Waals surface area contributed by atoms with Gasteiger partial charge < -0.3 is 5.11 Å². The molecule has 3 aromatic heterocycles. The predicted molar refractivity (Wildman–Crippen MR) is 160 cm³/mol. The molecule has 4 aromatic carbocycles. The third-order valence-corrected chi connectivity index (χ3v) is 7.04. The first-order chi connectivity index (χ1) is 19.8. The fourth-order valence-corrected chi connectivity index (χ4v) is 5.15. The lowest BCUT2D eigenvalue weighted by atomic mass is 9.95. The van der Waals surface area contributed by atoms with Crippen LogP contribution in [0.3, 0.4) is 0 Å². The van der Waals surface area contributed by atoms with Crippen molar-refractivity contribution in [2.75, 3.05) is 0 Å². The quantitative estimate of drug-likeness (QED) is 0.250. The standard InChI is InChI=1S/C35H24N4O/c40-33-17-8-7-15-29(33)35-38-34-30(22-36-23-32(34)39(35)28-13-5-2-6-14-28)26-19-25(24-11-3-1-4-12-24)20-27(21-26)31-16-9-10-18-37-31/h1-23,40H. The molecule has 0 aliphatic heterocycles. The highest BCUT2D eigenvalue weighted by Crippen LogP contribution is 2.38. The average molecular weight is 517 g/mol. The molecule has 190 valence electrons. The van der Waals surface area contributed by atoms with E-state index in [4.69, 9.17) is 4.98 Å². The van der Waals surface area contributed by atoms with Gasteiger partial charge in [0.15, 0.2) is 0 Å². The number of fused-ring (bicyclic) bond motifs is 1. The fraction of sp³-hybridized carbons (Fsp3) is 0. The minimum atomic E-state index is 0.174. The molecule has 0 spiro atoms. The van der Waals surface area contributed by atoms with Crippen molar-refractivity contribution >= 4 is 11.0 Å². The highest BCUT2D eigenvalue weighted by Gasteiger charge is 2.20. The Hall–Kier alpha value is -5.55. The number of rotatable bonds is 5. The first-order valence-corrected chi connectivity index (χ1v) is 13.1. The van der Waals surface area contributed by atoms with Gasteiger partial charge in [-0.1, -0.05) is 66.7 Å². The number of nitrogens with zero attached hydrogens (tertiary/aromatic N) is 4. The highest BCUT2D eigenvalue weighted by molar-refractivity contribution is 5.96. The van der Waals surface area contributed by atoms with Crippen LogP contribution in [-0.2, 0) is 0 Å². The summed E-state index contributed by atoms with van der Waals surface area (Å²) in [6.45, 7) is 0. The Bertz CT molecular complexity index is 1890. The Morgan fingerprint density at radius 3 is 2.05 bits per heavy atom. The number of imidazole rings is 1. The van der Waals surface area contributed by atoms with Crippen molar-refractivity contribution < 1.29 is 5.11 Å². The van der Waals surface area contributed by atoms with Crippen molar-refractivity contribution in [3.05, 3.63) is 140 Å². The van der Waals surface area contributed by atoms with Crippen molar-refractivity contribution in [1.82, 2.24) is 19.5 Å². The lowest BCUT2D eigenvalue weighted by Crippen LogP contribution is -1.97. The van der Waals surface area contributed by atoms with Gasteiger partial charge in [-0.25, -0.2) is 4.98 Å². The topological polar surface area (TPSA) is 63.8 Å². The summed E-state index contributed by atoms with van der Waals surface area (Å²) in [7, 11) is 0. The van der Waals surface area contributed by atoms with E-state index in [1.54, 1.807) is 6.07 Å². The molecule has 5 heteroatoms. The Morgan fingerprint density at radius 1 is 0.575 bits per heavy atom. The molecule has 40 heavy (non-hydrogen) atoms. The predicted octanol–water partition coefficient (Wildman–Crippen LogP) is 8.19. The van der Waals surface area contributed by atoms with Gasteiger partial charge in [0.25, 0.3) is 0 Å². The Balaban J connectivity index is 1.52. The number of phenols is 1. The van der Waals surface area contributed by atoms with E-state index in [2.05, 4.69) is 44.9 Å². The number of aromatic nitrogens is 4. The van der Waals surface area contributed by atoms with Gasteiger partial charge in [-0.3, -0.25) is 14.5 Å².